The lowest BCUT2D eigenvalue weighted by Crippen LogP contribution is -2.17. The number of sulfonamides is 1. The van der Waals surface area contributed by atoms with E-state index in [4.69, 9.17) is 5.14 Å². The number of hydrogen-bond donors (Lipinski definition) is 3. The number of nitrogens with one attached hydrogen (secondary N) is 1. The van der Waals surface area contributed by atoms with Crippen molar-refractivity contribution < 1.29 is 18.3 Å². The molecule has 2 aromatic rings. The van der Waals surface area contributed by atoms with Gasteiger partial charge in [0.05, 0.1) is 5.56 Å². The van der Waals surface area contributed by atoms with E-state index >= 15 is 0 Å². The standard InChI is InChI=1S/C12H14N4O4S/c1-7-3-4-8(9(17)5-7)12(18)14-11-10(21(13,19)20)6-16(2)15-11/h3-6,17H,1-2H3,(H2,13,19,20)(H,14,15,18). The van der Waals surface area contributed by atoms with Gasteiger partial charge in [0.2, 0.25) is 10.0 Å². The average Bonchev–Trinajstić information content (AvgIpc) is 2.69. The van der Waals surface area contributed by atoms with Gasteiger partial charge in [0.1, 0.15) is 10.6 Å². The predicted molar refractivity (Wildman–Crippen MR) is 75.4 cm³/mol. The molecule has 0 aliphatic heterocycles. The van der Waals surface area contributed by atoms with E-state index in [0.717, 1.165) is 5.56 Å². The van der Waals surface area contributed by atoms with Gasteiger partial charge in [-0.15, -0.1) is 0 Å². The van der Waals surface area contributed by atoms with E-state index in [2.05, 4.69) is 10.4 Å². The maximum absolute atomic E-state index is 12.1. The summed E-state index contributed by atoms with van der Waals surface area (Å²) >= 11 is 0. The number of aryl methyl sites for hydroxylation is 2. The van der Waals surface area contributed by atoms with Crippen molar-refractivity contribution in [3.05, 3.63) is 35.5 Å². The Morgan fingerprint density at radius 2 is 2.10 bits per heavy atom. The van der Waals surface area contributed by atoms with Crippen LogP contribution in [0.5, 0.6) is 5.75 Å². The van der Waals surface area contributed by atoms with Gasteiger partial charge in [0.15, 0.2) is 5.82 Å². The number of amides is 1. The number of phenolic OH excluding ortho intramolecular Hbond substituents is 1. The van der Waals surface area contributed by atoms with Crippen LogP contribution >= 0.6 is 0 Å². The van der Waals surface area contributed by atoms with Crippen molar-refractivity contribution in [3.63, 3.8) is 0 Å². The Labute approximate surface area is 121 Å². The van der Waals surface area contributed by atoms with Crippen LogP contribution in [-0.4, -0.2) is 29.2 Å². The minimum atomic E-state index is -4.02. The van der Waals surface area contributed by atoms with Crippen molar-refractivity contribution in [2.45, 2.75) is 11.8 Å². The summed E-state index contributed by atoms with van der Waals surface area (Å²) in [5.41, 5.74) is 0.790. The Bertz CT molecular complexity index is 811. The Balaban J connectivity index is 2.36. The van der Waals surface area contributed by atoms with Crippen molar-refractivity contribution in [1.29, 1.82) is 0 Å². The van der Waals surface area contributed by atoms with Crippen LogP contribution in [0.4, 0.5) is 5.82 Å². The monoisotopic (exact) mass is 310 g/mol. The van der Waals surface area contributed by atoms with Crippen LogP contribution in [0.15, 0.2) is 29.3 Å². The van der Waals surface area contributed by atoms with Crippen LogP contribution in [0.1, 0.15) is 15.9 Å². The Hall–Kier alpha value is -2.39. The minimum Gasteiger partial charge on any atom is -0.507 e. The molecule has 1 amide bonds. The van der Waals surface area contributed by atoms with Crippen molar-refractivity contribution in [3.8, 4) is 5.75 Å². The van der Waals surface area contributed by atoms with E-state index in [0.29, 0.717) is 0 Å². The van der Waals surface area contributed by atoms with E-state index in [1.807, 2.05) is 0 Å². The molecule has 1 heterocycles. The Morgan fingerprint density at radius 1 is 1.43 bits per heavy atom. The molecule has 2 rings (SSSR count). The molecule has 0 fully saturated rings. The maximum atomic E-state index is 12.1. The molecular weight excluding hydrogens is 296 g/mol. The molecular formula is C12H14N4O4S. The minimum absolute atomic E-state index is 0.00613. The Kier molecular flexibility index (Phi) is 3.71. The Morgan fingerprint density at radius 3 is 2.67 bits per heavy atom. The molecule has 0 saturated carbocycles. The maximum Gasteiger partial charge on any atom is 0.260 e. The van der Waals surface area contributed by atoms with Crippen LogP contribution < -0.4 is 10.5 Å². The predicted octanol–water partition coefficient (Wildman–Crippen LogP) is 0.334. The first kappa shape index (κ1) is 15.0. The first-order valence-electron chi connectivity index (χ1n) is 5.86. The zero-order valence-electron chi connectivity index (χ0n) is 11.4. The number of carbonyl (C=O) groups excluding carboxylic acids is 1. The molecule has 8 nitrogen and oxygen atoms in total. The highest BCUT2D eigenvalue weighted by Crippen LogP contribution is 2.22. The van der Waals surface area contributed by atoms with E-state index in [1.54, 1.807) is 13.0 Å². The molecule has 9 heteroatoms. The zero-order valence-corrected chi connectivity index (χ0v) is 12.2. The third kappa shape index (κ3) is 3.20. The van der Waals surface area contributed by atoms with Gasteiger partial charge in [-0.1, -0.05) is 6.07 Å². The lowest BCUT2D eigenvalue weighted by Gasteiger charge is -2.06. The molecule has 1 aromatic heterocycles. The number of aromatic nitrogens is 2. The smallest absolute Gasteiger partial charge is 0.260 e. The molecule has 0 unspecified atom stereocenters. The first-order chi connectivity index (χ1) is 9.68. The molecule has 0 spiro atoms. The highest BCUT2D eigenvalue weighted by atomic mass is 32.2. The highest BCUT2D eigenvalue weighted by Gasteiger charge is 2.21. The number of benzene rings is 1. The van der Waals surface area contributed by atoms with Crippen LogP contribution in [0, 0.1) is 6.92 Å². The molecule has 0 saturated heterocycles. The molecule has 0 aliphatic rings. The molecule has 0 bridgehead atoms. The molecule has 21 heavy (non-hydrogen) atoms. The lowest BCUT2D eigenvalue weighted by atomic mass is 10.1. The summed E-state index contributed by atoms with van der Waals surface area (Å²) in [5, 5.41) is 21.0. The number of phenols is 1. The summed E-state index contributed by atoms with van der Waals surface area (Å²) < 4.78 is 24.1. The first-order valence-corrected chi connectivity index (χ1v) is 7.40. The summed E-state index contributed by atoms with van der Waals surface area (Å²) in [5.74, 6) is -1.08. The third-order valence-electron chi connectivity index (χ3n) is 2.73. The van der Waals surface area contributed by atoms with Crippen molar-refractivity contribution in [1.82, 2.24) is 9.78 Å². The fraction of sp³-hybridized carbons (Fsp3) is 0.167. The summed E-state index contributed by atoms with van der Waals surface area (Å²) in [7, 11) is -2.52. The number of carbonyl (C=O) groups is 1. The largest absolute Gasteiger partial charge is 0.507 e. The zero-order chi connectivity index (χ0) is 15.8. The van der Waals surface area contributed by atoms with Crippen LogP contribution in [0.2, 0.25) is 0 Å². The van der Waals surface area contributed by atoms with E-state index in [-0.39, 0.29) is 22.0 Å². The fourth-order valence-electron chi connectivity index (χ4n) is 1.77. The molecule has 112 valence electrons. The second-order valence-electron chi connectivity index (χ2n) is 4.54. The second kappa shape index (κ2) is 5.19. The van der Waals surface area contributed by atoms with Gasteiger partial charge in [-0.25, -0.2) is 13.6 Å². The average molecular weight is 310 g/mol. The van der Waals surface area contributed by atoms with Gasteiger partial charge in [0, 0.05) is 13.2 Å². The number of nitrogens with two attached hydrogens (primary N) is 1. The van der Waals surface area contributed by atoms with Crippen LogP contribution in [-0.2, 0) is 17.1 Å². The highest BCUT2D eigenvalue weighted by molar-refractivity contribution is 7.89. The van der Waals surface area contributed by atoms with Gasteiger partial charge in [-0.3, -0.25) is 9.48 Å². The topological polar surface area (TPSA) is 127 Å². The van der Waals surface area contributed by atoms with Crippen LogP contribution in [0.3, 0.4) is 0 Å². The van der Waals surface area contributed by atoms with Crippen molar-refractivity contribution in [2.75, 3.05) is 5.32 Å². The second-order valence-corrected chi connectivity index (χ2v) is 6.07. The van der Waals surface area contributed by atoms with Gasteiger partial charge in [-0.05, 0) is 24.6 Å². The summed E-state index contributed by atoms with van der Waals surface area (Å²) in [6.45, 7) is 1.76. The lowest BCUT2D eigenvalue weighted by molar-refractivity contribution is 0.102. The number of hydrogen-bond acceptors (Lipinski definition) is 5. The van der Waals surface area contributed by atoms with Crippen LogP contribution in [0.25, 0.3) is 0 Å². The normalized spacial score (nSPS) is 11.4. The van der Waals surface area contributed by atoms with Gasteiger partial charge < -0.3 is 10.4 Å². The number of nitrogens with zero attached hydrogens (tertiary/aromatic N) is 2. The summed E-state index contributed by atoms with van der Waals surface area (Å²) in [6.07, 6.45) is 1.18. The molecule has 4 N–H and O–H groups in total. The van der Waals surface area contributed by atoms with Crippen molar-refractivity contribution >= 4 is 21.7 Å². The quantitative estimate of drug-likeness (QED) is 0.753. The summed E-state index contributed by atoms with van der Waals surface area (Å²) in [4.78, 5) is 11.8. The number of aromatic hydroxyl groups is 1. The number of anilines is 1. The van der Waals surface area contributed by atoms with Crippen molar-refractivity contribution in [2.24, 2.45) is 12.2 Å². The fourth-order valence-corrected chi connectivity index (χ4v) is 2.43. The molecule has 0 atom stereocenters. The van der Waals surface area contributed by atoms with Gasteiger partial charge in [-0.2, -0.15) is 5.10 Å². The van der Waals surface area contributed by atoms with E-state index in [1.165, 1.54) is 30.1 Å². The molecule has 1 aromatic carbocycles. The van der Waals surface area contributed by atoms with E-state index < -0.39 is 15.9 Å². The summed E-state index contributed by atoms with van der Waals surface area (Å²) in [6, 6.07) is 4.50. The molecule has 0 aliphatic carbocycles. The van der Waals surface area contributed by atoms with E-state index in [9.17, 15) is 18.3 Å². The molecule has 0 radical (unpaired) electrons. The SMILES string of the molecule is Cc1ccc(C(=O)Nc2nn(C)cc2S(N)(=O)=O)c(O)c1. The third-order valence-corrected chi connectivity index (χ3v) is 3.64. The van der Waals surface area contributed by atoms with Gasteiger partial charge >= 0.3 is 0 Å². The number of primary sulfonamides is 1. The van der Waals surface area contributed by atoms with Gasteiger partial charge in [0.25, 0.3) is 5.91 Å². The number of rotatable bonds is 3.